The number of carboxylic acid groups (broad SMARTS) is 1. The molecule has 0 saturated carbocycles. The first-order valence-corrected chi connectivity index (χ1v) is 9.61. The van der Waals surface area contributed by atoms with E-state index in [0.717, 1.165) is 19.6 Å². The van der Waals surface area contributed by atoms with Crippen molar-refractivity contribution in [1.29, 1.82) is 0 Å². The number of aromatic nitrogens is 2. The van der Waals surface area contributed by atoms with Gasteiger partial charge in [-0.2, -0.15) is 13.2 Å². The number of nitrogen functional groups attached to an aromatic ring is 1. The van der Waals surface area contributed by atoms with Crippen LogP contribution in [0.15, 0.2) is 30.3 Å². The molecule has 1 aromatic heterocycles. The van der Waals surface area contributed by atoms with E-state index in [9.17, 15) is 23.3 Å². The molecule has 32 heavy (non-hydrogen) atoms. The molecule has 10 nitrogen and oxygen atoms in total. The Hall–Kier alpha value is -3.48. The predicted octanol–water partition coefficient (Wildman–Crippen LogP) is 2.74. The first-order chi connectivity index (χ1) is 15.0. The number of ether oxygens (including phenoxy) is 1. The van der Waals surface area contributed by atoms with Crippen molar-refractivity contribution in [2.45, 2.75) is 25.1 Å². The van der Waals surface area contributed by atoms with Crippen molar-refractivity contribution in [3.63, 3.8) is 0 Å². The Labute approximate surface area is 179 Å². The van der Waals surface area contributed by atoms with E-state index in [4.69, 9.17) is 20.4 Å². The van der Waals surface area contributed by atoms with E-state index in [1.165, 1.54) is 25.0 Å². The van der Waals surface area contributed by atoms with Crippen molar-refractivity contribution in [2.75, 3.05) is 25.4 Å². The smallest absolute Gasteiger partial charge is 0.475 e. The van der Waals surface area contributed by atoms with E-state index in [0.29, 0.717) is 23.1 Å². The molecule has 2 aromatic rings. The van der Waals surface area contributed by atoms with E-state index in [-0.39, 0.29) is 17.5 Å². The SMILES string of the molecule is Nc1ccc(-c2ccc(O[C@H]3CN4CCC3CC4)nn2)cc1[N+](=O)[O-].O=C(O)C(F)(F)F. The number of rotatable bonds is 4. The molecule has 4 heterocycles. The number of aliphatic carboxylic acids is 1. The van der Waals surface area contributed by atoms with Gasteiger partial charge < -0.3 is 15.6 Å². The first kappa shape index (κ1) is 23.2. The Morgan fingerprint density at radius 2 is 1.88 bits per heavy atom. The molecule has 0 aliphatic carbocycles. The molecule has 3 fully saturated rings. The van der Waals surface area contributed by atoms with Crippen LogP contribution < -0.4 is 10.5 Å². The summed E-state index contributed by atoms with van der Waals surface area (Å²) >= 11 is 0. The lowest BCUT2D eigenvalue weighted by Gasteiger charge is -2.44. The minimum absolute atomic E-state index is 0.129. The number of hydrogen-bond donors (Lipinski definition) is 2. The molecule has 0 spiro atoms. The lowest BCUT2D eigenvalue weighted by atomic mass is 9.86. The molecule has 3 aliphatic rings. The van der Waals surface area contributed by atoms with Crippen molar-refractivity contribution in [1.82, 2.24) is 15.1 Å². The number of halogens is 3. The molecule has 3 aliphatic heterocycles. The van der Waals surface area contributed by atoms with Crippen LogP contribution in [0.3, 0.4) is 0 Å². The standard InChI is InChI=1S/C17H19N5O3.C2HF3O2/c18-13-2-1-12(9-15(13)22(23)24)14-3-4-17(20-19-14)25-16-10-21-7-5-11(16)6-8-21;3-2(4,5)1(6)7/h1-4,9,11,16H,5-8,10,18H2;(H,6,7)/t16-;/m0./s1. The Bertz CT molecular complexity index is 978. The second-order valence-electron chi connectivity index (χ2n) is 7.38. The van der Waals surface area contributed by atoms with Crippen LogP contribution in [0, 0.1) is 16.0 Å². The van der Waals surface area contributed by atoms with E-state index in [1.54, 1.807) is 18.2 Å². The van der Waals surface area contributed by atoms with Gasteiger partial charge in [0.05, 0.1) is 10.6 Å². The summed E-state index contributed by atoms with van der Waals surface area (Å²) in [7, 11) is 0. The number of benzene rings is 1. The van der Waals surface area contributed by atoms with Gasteiger partial charge in [0, 0.05) is 24.2 Å². The number of nitrogens with zero attached hydrogens (tertiary/aromatic N) is 4. The molecule has 13 heteroatoms. The van der Waals surface area contributed by atoms with E-state index in [2.05, 4.69) is 15.1 Å². The van der Waals surface area contributed by atoms with Crippen LogP contribution in [-0.2, 0) is 4.79 Å². The summed E-state index contributed by atoms with van der Waals surface area (Å²) in [6.45, 7) is 3.26. The van der Waals surface area contributed by atoms with Crippen LogP contribution in [0.5, 0.6) is 5.88 Å². The molecule has 0 amide bonds. The number of piperidine rings is 3. The third-order valence-electron chi connectivity index (χ3n) is 5.27. The van der Waals surface area contributed by atoms with Gasteiger partial charge in [0.2, 0.25) is 5.88 Å². The quantitative estimate of drug-likeness (QED) is 0.404. The summed E-state index contributed by atoms with van der Waals surface area (Å²) < 4.78 is 37.8. The summed E-state index contributed by atoms with van der Waals surface area (Å²) in [5, 5.41) is 26.4. The second-order valence-corrected chi connectivity index (χ2v) is 7.38. The number of carboxylic acids is 1. The zero-order valence-electron chi connectivity index (χ0n) is 16.7. The van der Waals surface area contributed by atoms with Gasteiger partial charge in [-0.05, 0) is 44.0 Å². The molecular weight excluding hydrogens is 435 g/mol. The van der Waals surface area contributed by atoms with Gasteiger partial charge in [-0.1, -0.05) is 6.07 Å². The van der Waals surface area contributed by atoms with Crippen LogP contribution in [0.1, 0.15) is 12.8 Å². The lowest BCUT2D eigenvalue weighted by molar-refractivity contribution is -0.383. The summed E-state index contributed by atoms with van der Waals surface area (Å²) in [6, 6.07) is 8.14. The van der Waals surface area contributed by atoms with Crippen LogP contribution in [0.2, 0.25) is 0 Å². The van der Waals surface area contributed by atoms with Crippen molar-refractivity contribution >= 4 is 17.3 Å². The highest BCUT2D eigenvalue weighted by atomic mass is 19.4. The molecular formula is C19H20F3N5O5. The number of nitro groups is 1. The van der Waals surface area contributed by atoms with Crippen LogP contribution in [-0.4, -0.2) is 63.0 Å². The summed E-state index contributed by atoms with van der Waals surface area (Å²) in [6.07, 6.45) is -2.57. The van der Waals surface area contributed by atoms with Crippen LogP contribution in [0.25, 0.3) is 11.3 Å². The normalized spacial score (nSPS) is 21.9. The highest BCUT2D eigenvalue weighted by Gasteiger charge is 2.38. The Kier molecular flexibility index (Phi) is 6.77. The zero-order valence-corrected chi connectivity index (χ0v) is 16.7. The topological polar surface area (TPSA) is 145 Å². The van der Waals surface area contributed by atoms with Crippen molar-refractivity contribution in [2.24, 2.45) is 5.92 Å². The van der Waals surface area contributed by atoms with E-state index in [1.807, 2.05) is 0 Å². The van der Waals surface area contributed by atoms with E-state index < -0.39 is 17.1 Å². The number of anilines is 1. The molecule has 1 aromatic carbocycles. The van der Waals surface area contributed by atoms with Crippen molar-refractivity contribution in [3.05, 3.63) is 40.4 Å². The van der Waals surface area contributed by atoms with Gasteiger partial charge in [0.25, 0.3) is 5.69 Å². The fourth-order valence-corrected chi connectivity index (χ4v) is 3.60. The lowest BCUT2D eigenvalue weighted by Crippen LogP contribution is -2.52. The number of hydrogen-bond acceptors (Lipinski definition) is 8. The largest absolute Gasteiger partial charge is 0.490 e. The maximum absolute atomic E-state index is 11.0. The minimum atomic E-state index is -5.08. The zero-order chi connectivity index (χ0) is 23.5. The van der Waals surface area contributed by atoms with Crippen LogP contribution >= 0.6 is 0 Å². The maximum atomic E-state index is 11.0. The summed E-state index contributed by atoms with van der Waals surface area (Å²) in [5.74, 6) is -1.67. The van der Waals surface area contributed by atoms with Gasteiger partial charge in [0.1, 0.15) is 11.8 Å². The third-order valence-corrected chi connectivity index (χ3v) is 5.27. The van der Waals surface area contributed by atoms with Gasteiger partial charge in [-0.25, -0.2) is 4.79 Å². The van der Waals surface area contributed by atoms with Gasteiger partial charge in [0.15, 0.2) is 0 Å². The summed E-state index contributed by atoms with van der Waals surface area (Å²) in [5.41, 5.74) is 6.77. The predicted molar refractivity (Wildman–Crippen MR) is 106 cm³/mol. The molecule has 3 saturated heterocycles. The molecule has 0 radical (unpaired) electrons. The summed E-state index contributed by atoms with van der Waals surface area (Å²) in [4.78, 5) is 21.8. The van der Waals surface area contributed by atoms with Crippen molar-refractivity contribution in [3.8, 4) is 17.1 Å². The number of alkyl halides is 3. The molecule has 2 bridgehead atoms. The highest BCUT2D eigenvalue weighted by Crippen LogP contribution is 2.31. The van der Waals surface area contributed by atoms with E-state index >= 15 is 0 Å². The molecule has 3 N–H and O–H groups in total. The highest BCUT2D eigenvalue weighted by molar-refractivity contribution is 5.73. The Morgan fingerprint density at radius 3 is 2.34 bits per heavy atom. The first-order valence-electron chi connectivity index (χ1n) is 9.61. The Morgan fingerprint density at radius 1 is 1.22 bits per heavy atom. The number of carbonyl (C=O) groups is 1. The molecule has 5 rings (SSSR count). The Balaban J connectivity index is 0.000000360. The average molecular weight is 455 g/mol. The molecule has 1 atom stereocenters. The third kappa shape index (κ3) is 5.60. The molecule has 172 valence electrons. The number of fused-ring (bicyclic) bond motifs is 3. The number of nitrogens with two attached hydrogens (primary N) is 1. The molecule has 0 unspecified atom stereocenters. The van der Waals surface area contributed by atoms with Crippen molar-refractivity contribution < 1.29 is 32.7 Å². The van der Waals surface area contributed by atoms with Crippen LogP contribution in [0.4, 0.5) is 24.5 Å². The maximum Gasteiger partial charge on any atom is 0.490 e. The minimum Gasteiger partial charge on any atom is -0.475 e. The fourth-order valence-electron chi connectivity index (χ4n) is 3.60. The second kappa shape index (κ2) is 9.34. The number of nitro benzene ring substituents is 1. The monoisotopic (exact) mass is 455 g/mol. The van der Waals surface area contributed by atoms with Gasteiger partial charge >= 0.3 is 12.1 Å². The fraction of sp³-hybridized carbons (Fsp3) is 0.421. The van der Waals surface area contributed by atoms with Gasteiger partial charge in [-0.3, -0.25) is 15.0 Å². The average Bonchev–Trinajstić information content (AvgIpc) is 2.75. The van der Waals surface area contributed by atoms with Gasteiger partial charge in [-0.15, -0.1) is 10.2 Å².